The summed E-state index contributed by atoms with van der Waals surface area (Å²) in [7, 11) is 1.96. The van der Waals surface area contributed by atoms with Crippen LogP contribution >= 0.6 is 11.8 Å². The van der Waals surface area contributed by atoms with Gasteiger partial charge in [-0.15, -0.1) is 10.2 Å². The fourth-order valence-electron chi connectivity index (χ4n) is 2.50. The average molecular weight is 330 g/mol. The maximum absolute atomic E-state index is 11.4. The van der Waals surface area contributed by atoms with Gasteiger partial charge in [0.05, 0.1) is 17.9 Å². The lowest BCUT2D eigenvalue weighted by Gasteiger charge is -2.01. The SMILES string of the molecule is CCOC(=O)CSc1nnc2c3cc(CC)ccc3n(C)c2n1. The molecule has 1 aromatic carbocycles. The van der Waals surface area contributed by atoms with Crippen molar-refractivity contribution in [2.75, 3.05) is 12.4 Å². The van der Waals surface area contributed by atoms with Gasteiger partial charge in [0.15, 0.2) is 5.65 Å². The molecule has 0 saturated heterocycles. The highest BCUT2D eigenvalue weighted by Crippen LogP contribution is 2.27. The third-order valence-electron chi connectivity index (χ3n) is 3.68. The van der Waals surface area contributed by atoms with Gasteiger partial charge >= 0.3 is 5.97 Å². The van der Waals surface area contributed by atoms with Crippen LogP contribution in [-0.4, -0.2) is 38.1 Å². The Labute approximate surface area is 138 Å². The molecule has 0 N–H and O–H groups in total. The zero-order valence-corrected chi connectivity index (χ0v) is 14.2. The first kappa shape index (κ1) is 15.7. The predicted octanol–water partition coefficient (Wildman–Crippen LogP) is 2.73. The first-order valence-electron chi connectivity index (χ1n) is 7.54. The second kappa shape index (κ2) is 6.54. The molecule has 7 heteroatoms. The molecule has 0 fully saturated rings. The lowest BCUT2D eigenvalue weighted by atomic mass is 10.1. The van der Waals surface area contributed by atoms with E-state index in [0.717, 1.165) is 28.5 Å². The second-order valence-corrected chi connectivity index (χ2v) is 6.07. The molecule has 0 atom stereocenters. The number of fused-ring (bicyclic) bond motifs is 3. The quantitative estimate of drug-likeness (QED) is 0.529. The summed E-state index contributed by atoms with van der Waals surface area (Å²) >= 11 is 1.24. The van der Waals surface area contributed by atoms with Gasteiger partial charge in [0.25, 0.3) is 0 Å². The van der Waals surface area contributed by atoms with Crippen LogP contribution in [0.25, 0.3) is 22.1 Å². The Bertz CT molecular complexity index is 875. The zero-order chi connectivity index (χ0) is 16.4. The minimum atomic E-state index is -0.272. The zero-order valence-electron chi connectivity index (χ0n) is 13.4. The maximum atomic E-state index is 11.4. The van der Waals surface area contributed by atoms with Crippen molar-refractivity contribution in [1.29, 1.82) is 0 Å². The lowest BCUT2D eigenvalue weighted by Crippen LogP contribution is -2.07. The Hall–Kier alpha value is -2.15. The molecule has 0 saturated carbocycles. The lowest BCUT2D eigenvalue weighted by molar-refractivity contribution is -0.139. The summed E-state index contributed by atoms with van der Waals surface area (Å²) < 4.78 is 6.91. The summed E-state index contributed by atoms with van der Waals surface area (Å²) in [6.07, 6.45) is 0.973. The van der Waals surface area contributed by atoms with Crippen LogP contribution in [0, 0.1) is 0 Å². The molecule has 3 aromatic rings. The van der Waals surface area contributed by atoms with Crippen molar-refractivity contribution in [1.82, 2.24) is 19.7 Å². The van der Waals surface area contributed by atoms with E-state index >= 15 is 0 Å². The number of aryl methyl sites for hydroxylation is 2. The normalized spacial score (nSPS) is 11.3. The van der Waals surface area contributed by atoms with Crippen LogP contribution in [0.4, 0.5) is 0 Å². The highest BCUT2D eigenvalue weighted by molar-refractivity contribution is 7.99. The molecular weight excluding hydrogens is 312 g/mol. The molecule has 0 aliphatic rings. The minimum absolute atomic E-state index is 0.185. The minimum Gasteiger partial charge on any atom is -0.465 e. The summed E-state index contributed by atoms with van der Waals surface area (Å²) in [6.45, 7) is 4.29. The molecule has 0 amide bonds. The largest absolute Gasteiger partial charge is 0.465 e. The van der Waals surface area contributed by atoms with Crippen LogP contribution in [0.1, 0.15) is 19.4 Å². The second-order valence-electron chi connectivity index (χ2n) is 5.12. The van der Waals surface area contributed by atoms with Gasteiger partial charge in [-0.25, -0.2) is 4.98 Å². The number of ether oxygens (including phenoxy) is 1. The van der Waals surface area contributed by atoms with Crippen molar-refractivity contribution < 1.29 is 9.53 Å². The molecule has 0 bridgehead atoms. The molecule has 0 aliphatic heterocycles. The highest BCUT2D eigenvalue weighted by Gasteiger charge is 2.14. The van der Waals surface area contributed by atoms with Gasteiger partial charge in [-0.2, -0.15) is 0 Å². The van der Waals surface area contributed by atoms with E-state index in [-0.39, 0.29) is 11.7 Å². The number of benzene rings is 1. The molecule has 2 aromatic heterocycles. The third kappa shape index (κ3) is 3.01. The number of thioether (sulfide) groups is 1. The Morgan fingerprint density at radius 2 is 2.13 bits per heavy atom. The first-order chi connectivity index (χ1) is 11.1. The third-order valence-corrected chi connectivity index (χ3v) is 4.49. The van der Waals surface area contributed by atoms with Gasteiger partial charge in [0.2, 0.25) is 5.16 Å². The summed E-state index contributed by atoms with van der Waals surface area (Å²) in [4.78, 5) is 16.0. The fourth-order valence-corrected chi connectivity index (χ4v) is 3.08. The molecule has 0 aliphatic carbocycles. The van der Waals surface area contributed by atoms with E-state index in [9.17, 15) is 4.79 Å². The first-order valence-corrected chi connectivity index (χ1v) is 8.52. The molecule has 0 spiro atoms. The van der Waals surface area contributed by atoms with E-state index in [1.54, 1.807) is 6.92 Å². The van der Waals surface area contributed by atoms with Crippen molar-refractivity contribution >= 4 is 39.8 Å². The monoisotopic (exact) mass is 330 g/mol. The van der Waals surface area contributed by atoms with Gasteiger partial charge in [-0.05, 0) is 31.0 Å². The number of carbonyl (C=O) groups is 1. The van der Waals surface area contributed by atoms with Crippen molar-refractivity contribution in [3.63, 3.8) is 0 Å². The number of carbonyl (C=O) groups excluding carboxylic acids is 1. The number of aromatic nitrogens is 4. The van der Waals surface area contributed by atoms with Crippen molar-refractivity contribution in [2.24, 2.45) is 7.05 Å². The molecule has 23 heavy (non-hydrogen) atoms. The molecule has 120 valence electrons. The molecular formula is C16H18N4O2S. The molecule has 2 heterocycles. The number of hydrogen-bond acceptors (Lipinski definition) is 6. The van der Waals surface area contributed by atoms with Gasteiger partial charge in [-0.1, -0.05) is 24.8 Å². The Kier molecular flexibility index (Phi) is 4.47. The van der Waals surface area contributed by atoms with E-state index in [4.69, 9.17) is 4.74 Å². The standard InChI is InChI=1S/C16H18N4O2S/c1-4-10-6-7-12-11(8-10)14-15(20(12)3)17-16(19-18-14)23-9-13(21)22-5-2/h6-8H,4-5,9H2,1-3H3. The van der Waals surface area contributed by atoms with Gasteiger partial charge < -0.3 is 9.30 Å². The topological polar surface area (TPSA) is 69.9 Å². The summed E-state index contributed by atoms with van der Waals surface area (Å²) in [5, 5.41) is 10.00. The van der Waals surface area contributed by atoms with Crippen LogP contribution in [0.2, 0.25) is 0 Å². The van der Waals surface area contributed by atoms with E-state index in [1.807, 2.05) is 11.6 Å². The van der Waals surface area contributed by atoms with Gasteiger partial charge in [0, 0.05) is 12.4 Å². The summed E-state index contributed by atoms with van der Waals surface area (Å²) in [5.74, 6) is -0.0869. The van der Waals surface area contributed by atoms with E-state index in [1.165, 1.54) is 17.3 Å². The van der Waals surface area contributed by atoms with E-state index < -0.39 is 0 Å². The summed E-state index contributed by atoms with van der Waals surface area (Å²) in [5.41, 5.74) is 3.90. The Balaban J connectivity index is 1.98. The number of esters is 1. The van der Waals surface area contributed by atoms with Crippen molar-refractivity contribution in [3.05, 3.63) is 23.8 Å². The maximum Gasteiger partial charge on any atom is 0.316 e. The molecule has 0 radical (unpaired) electrons. The fraction of sp³-hybridized carbons (Fsp3) is 0.375. The van der Waals surface area contributed by atoms with Crippen LogP contribution in [0.15, 0.2) is 23.4 Å². The van der Waals surface area contributed by atoms with Crippen LogP contribution < -0.4 is 0 Å². The number of hydrogen-bond donors (Lipinski definition) is 0. The Morgan fingerprint density at radius 1 is 1.30 bits per heavy atom. The van der Waals surface area contributed by atoms with Crippen LogP contribution in [0.3, 0.4) is 0 Å². The van der Waals surface area contributed by atoms with Crippen LogP contribution in [0.5, 0.6) is 0 Å². The van der Waals surface area contributed by atoms with Crippen LogP contribution in [-0.2, 0) is 23.0 Å². The van der Waals surface area contributed by atoms with E-state index in [2.05, 4.69) is 40.3 Å². The number of nitrogens with zero attached hydrogens (tertiary/aromatic N) is 4. The number of rotatable bonds is 5. The average Bonchev–Trinajstić information content (AvgIpc) is 2.85. The Morgan fingerprint density at radius 3 is 2.87 bits per heavy atom. The highest BCUT2D eigenvalue weighted by atomic mass is 32.2. The summed E-state index contributed by atoms with van der Waals surface area (Å²) in [6, 6.07) is 6.34. The van der Waals surface area contributed by atoms with Gasteiger partial charge in [0.1, 0.15) is 5.52 Å². The van der Waals surface area contributed by atoms with Gasteiger partial charge in [-0.3, -0.25) is 4.79 Å². The molecule has 0 unspecified atom stereocenters. The molecule has 3 rings (SSSR count). The van der Waals surface area contributed by atoms with E-state index in [0.29, 0.717) is 11.8 Å². The smallest absolute Gasteiger partial charge is 0.316 e. The predicted molar refractivity (Wildman–Crippen MR) is 90.5 cm³/mol. The van der Waals surface area contributed by atoms with Crippen molar-refractivity contribution in [2.45, 2.75) is 25.4 Å². The van der Waals surface area contributed by atoms with Crippen molar-refractivity contribution in [3.8, 4) is 0 Å². The molecule has 6 nitrogen and oxygen atoms in total.